The second-order valence-corrected chi connectivity index (χ2v) is 4.08. The molecule has 2 nitrogen and oxygen atoms in total. The van der Waals surface area contributed by atoms with E-state index in [1.165, 1.54) is 0 Å². The number of carboxylic acid groups (broad SMARTS) is 1. The number of halogens is 2. The number of carbonyl (C=O) groups is 1. The van der Waals surface area contributed by atoms with E-state index >= 15 is 0 Å². The summed E-state index contributed by atoms with van der Waals surface area (Å²) in [5.74, 6) is -0.920. The van der Waals surface area contributed by atoms with Gasteiger partial charge in [0.2, 0.25) is 0 Å². The molecular weight excluding hydrogens is 288 g/mol. The van der Waals surface area contributed by atoms with Crippen LogP contribution in [0.25, 0.3) is 0 Å². The Balaban J connectivity index is 3.31. The number of aromatic carboxylic acids is 1. The van der Waals surface area contributed by atoms with Crippen molar-refractivity contribution in [3.63, 3.8) is 0 Å². The maximum atomic E-state index is 10.6. The van der Waals surface area contributed by atoms with Gasteiger partial charge in [-0.1, -0.05) is 31.9 Å². The summed E-state index contributed by atoms with van der Waals surface area (Å²) in [6.07, 6.45) is 0. The van der Waals surface area contributed by atoms with Gasteiger partial charge in [-0.2, -0.15) is 0 Å². The molecule has 0 aliphatic heterocycles. The third-order valence-electron chi connectivity index (χ3n) is 1.53. The van der Waals surface area contributed by atoms with Crippen molar-refractivity contribution in [1.29, 1.82) is 0 Å². The zero-order valence-electron chi connectivity index (χ0n) is 6.27. The highest BCUT2D eigenvalue weighted by Crippen LogP contribution is 2.26. The highest BCUT2D eigenvalue weighted by Gasteiger charge is 2.07. The highest BCUT2D eigenvalue weighted by molar-refractivity contribution is 9.11. The summed E-state index contributed by atoms with van der Waals surface area (Å²) < 4.78 is 1.60. The Morgan fingerprint density at radius 1 is 1.33 bits per heavy atom. The summed E-state index contributed by atoms with van der Waals surface area (Å²) in [4.78, 5) is 10.6. The molecule has 0 heterocycles. The van der Waals surface area contributed by atoms with Crippen LogP contribution in [-0.4, -0.2) is 11.1 Å². The topological polar surface area (TPSA) is 37.3 Å². The molecular formula is C8H6Br2O2. The van der Waals surface area contributed by atoms with Gasteiger partial charge in [0.1, 0.15) is 0 Å². The summed E-state index contributed by atoms with van der Waals surface area (Å²) in [7, 11) is 0. The first-order chi connectivity index (χ1) is 5.52. The number of hydrogen-bond acceptors (Lipinski definition) is 1. The fraction of sp³-hybridized carbons (Fsp3) is 0.125. The number of rotatable bonds is 1. The third kappa shape index (κ3) is 1.87. The van der Waals surface area contributed by atoms with Crippen molar-refractivity contribution < 1.29 is 9.90 Å². The lowest BCUT2D eigenvalue weighted by atomic mass is 10.1. The van der Waals surface area contributed by atoms with Crippen LogP contribution in [0.4, 0.5) is 0 Å². The summed E-state index contributed by atoms with van der Waals surface area (Å²) in [6, 6.07) is 3.17. The summed E-state index contributed by atoms with van der Waals surface area (Å²) in [5.41, 5.74) is 1.28. The van der Waals surface area contributed by atoms with E-state index in [0.717, 1.165) is 14.5 Å². The predicted molar refractivity (Wildman–Crippen MR) is 53.5 cm³/mol. The van der Waals surface area contributed by atoms with E-state index in [4.69, 9.17) is 5.11 Å². The predicted octanol–water partition coefficient (Wildman–Crippen LogP) is 3.22. The molecule has 4 heteroatoms. The van der Waals surface area contributed by atoms with E-state index in [1.54, 1.807) is 12.1 Å². The van der Waals surface area contributed by atoms with Gasteiger partial charge in [-0.25, -0.2) is 4.79 Å². The maximum absolute atomic E-state index is 10.6. The zero-order chi connectivity index (χ0) is 9.30. The highest BCUT2D eigenvalue weighted by atomic mass is 79.9. The van der Waals surface area contributed by atoms with Crippen LogP contribution in [0.1, 0.15) is 15.9 Å². The Morgan fingerprint density at radius 2 is 1.75 bits per heavy atom. The average Bonchev–Trinajstić information content (AvgIpc) is 1.99. The molecule has 0 aliphatic rings. The van der Waals surface area contributed by atoms with Gasteiger partial charge in [-0.05, 0) is 24.6 Å². The molecule has 0 bridgehead atoms. The van der Waals surface area contributed by atoms with E-state index in [9.17, 15) is 4.79 Å². The smallest absolute Gasteiger partial charge is 0.335 e. The van der Waals surface area contributed by atoms with Crippen molar-refractivity contribution in [2.45, 2.75) is 6.92 Å². The monoisotopic (exact) mass is 292 g/mol. The Morgan fingerprint density at radius 3 is 2.08 bits per heavy atom. The van der Waals surface area contributed by atoms with Crippen molar-refractivity contribution in [3.05, 3.63) is 32.2 Å². The molecule has 0 saturated heterocycles. The molecule has 1 rings (SSSR count). The molecule has 0 aliphatic carbocycles. The minimum absolute atomic E-state index is 0.277. The standard InChI is InChI=1S/C8H6Br2O2/c1-4-6(9)2-5(8(11)12)3-7(4)10/h2-3H,1H3,(H,11,12). The fourth-order valence-corrected chi connectivity index (χ4v) is 1.96. The molecule has 0 radical (unpaired) electrons. The van der Waals surface area contributed by atoms with Gasteiger partial charge in [0.15, 0.2) is 0 Å². The summed E-state index contributed by atoms with van der Waals surface area (Å²) >= 11 is 6.54. The first-order valence-corrected chi connectivity index (χ1v) is 4.80. The number of benzene rings is 1. The molecule has 0 saturated carbocycles. The van der Waals surface area contributed by atoms with Crippen molar-refractivity contribution in [2.75, 3.05) is 0 Å². The molecule has 0 spiro atoms. The van der Waals surface area contributed by atoms with Crippen LogP contribution in [0.15, 0.2) is 21.1 Å². The normalized spacial score (nSPS) is 9.92. The SMILES string of the molecule is Cc1c(Br)cc(C(=O)O)cc1Br. The second kappa shape index (κ2) is 3.58. The van der Waals surface area contributed by atoms with E-state index in [1.807, 2.05) is 6.92 Å². The summed E-state index contributed by atoms with van der Waals surface area (Å²) in [6.45, 7) is 1.90. The maximum Gasteiger partial charge on any atom is 0.335 e. The largest absolute Gasteiger partial charge is 0.478 e. The van der Waals surface area contributed by atoms with E-state index in [-0.39, 0.29) is 5.56 Å². The van der Waals surface area contributed by atoms with Gasteiger partial charge in [-0.15, -0.1) is 0 Å². The van der Waals surface area contributed by atoms with Gasteiger partial charge in [0, 0.05) is 8.95 Å². The van der Waals surface area contributed by atoms with Crippen LogP contribution < -0.4 is 0 Å². The molecule has 1 aromatic rings. The third-order valence-corrected chi connectivity index (χ3v) is 3.18. The molecule has 0 unspecified atom stereocenters. The van der Waals surface area contributed by atoms with Crippen LogP contribution in [0.2, 0.25) is 0 Å². The van der Waals surface area contributed by atoms with Crippen LogP contribution >= 0.6 is 31.9 Å². The lowest BCUT2D eigenvalue weighted by Gasteiger charge is -2.02. The molecule has 12 heavy (non-hydrogen) atoms. The van der Waals surface area contributed by atoms with Crippen LogP contribution in [-0.2, 0) is 0 Å². The Bertz CT molecular complexity index is 311. The van der Waals surface area contributed by atoms with Gasteiger partial charge in [0.05, 0.1) is 5.56 Å². The van der Waals surface area contributed by atoms with Gasteiger partial charge < -0.3 is 5.11 Å². The molecule has 1 N–H and O–H groups in total. The van der Waals surface area contributed by atoms with Crippen molar-refractivity contribution in [2.24, 2.45) is 0 Å². The minimum atomic E-state index is -0.920. The minimum Gasteiger partial charge on any atom is -0.478 e. The van der Waals surface area contributed by atoms with Crippen LogP contribution in [0.3, 0.4) is 0 Å². The lowest BCUT2D eigenvalue weighted by Crippen LogP contribution is -1.96. The van der Waals surface area contributed by atoms with Gasteiger partial charge in [-0.3, -0.25) is 0 Å². The second-order valence-electron chi connectivity index (χ2n) is 2.37. The van der Waals surface area contributed by atoms with Gasteiger partial charge >= 0.3 is 5.97 Å². The van der Waals surface area contributed by atoms with Crippen molar-refractivity contribution >= 4 is 37.8 Å². The Hall–Kier alpha value is -0.350. The Labute approximate surface area is 86.9 Å². The summed E-state index contributed by atoms with van der Waals surface area (Å²) in [5, 5.41) is 8.68. The number of hydrogen-bond donors (Lipinski definition) is 1. The number of carboxylic acids is 1. The molecule has 0 fully saturated rings. The molecule has 0 aromatic heterocycles. The van der Waals surface area contributed by atoms with Gasteiger partial charge in [0.25, 0.3) is 0 Å². The first-order valence-electron chi connectivity index (χ1n) is 3.21. The quantitative estimate of drug-likeness (QED) is 0.863. The molecule has 0 atom stereocenters. The Kier molecular flexibility index (Phi) is 2.90. The van der Waals surface area contributed by atoms with Crippen LogP contribution in [0, 0.1) is 6.92 Å². The molecule has 1 aromatic carbocycles. The molecule has 64 valence electrons. The molecule has 0 amide bonds. The van der Waals surface area contributed by atoms with Crippen molar-refractivity contribution in [3.8, 4) is 0 Å². The van der Waals surface area contributed by atoms with E-state index in [2.05, 4.69) is 31.9 Å². The fourth-order valence-electron chi connectivity index (χ4n) is 0.769. The first kappa shape index (κ1) is 9.74. The average molecular weight is 294 g/mol. The zero-order valence-corrected chi connectivity index (χ0v) is 9.44. The lowest BCUT2D eigenvalue weighted by molar-refractivity contribution is 0.0696. The van der Waals surface area contributed by atoms with E-state index in [0.29, 0.717) is 0 Å². The van der Waals surface area contributed by atoms with Crippen LogP contribution in [0.5, 0.6) is 0 Å². The van der Waals surface area contributed by atoms with E-state index < -0.39 is 5.97 Å². The van der Waals surface area contributed by atoms with Crippen molar-refractivity contribution in [1.82, 2.24) is 0 Å².